The summed E-state index contributed by atoms with van der Waals surface area (Å²) in [6.07, 6.45) is -1.07. The van der Waals surface area contributed by atoms with Gasteiger partial charge in [0.05, 0.1) is 9.95 Å². The van der Waals surface area contributed by atoms with E-state index in [4.69, 9.17) is 27.9 Å². The Morgan fingerprint density at radius 1 is 1.52 bits per heavy atom. The molecule has 0 aliphatic carbocycles. The van der Waals surface area contributed by atoms with Crippen LogP contribution in [-0.2, 0) is 0 Å². The van der Waals surface area contributed by atoms with Gasteiger partial charge in [-0.2, -0.15) is 5.10 Å². The van der Waals surface area contributed by atoms with Crippen LogP contribution in [0, 0.1) is 17.0 Å². The summed E-state index contributed by atoms with van der Waals surface area (Å²) in [4.78, 5) is 22.2. The molecule has 0 bridgehead atoms. The molecule has 0 aliphatic heterocycles. The summed E-state index contributed by atoms with van der Waals surface area (Å²) in [5.74, 6) is -0.492. The highest BCUT2D eigenvalue weighted by Gasteiger charge is 2.27. The number of nitrogens with zero attached hydrogens (tertiary/aromatic N) is 2. The van der Waals surface area contributed by atoms with E-state index < -0.39 is 22.6 Å². The molecule has 1 aromatic heterocycles. The lowest BCUT2D eigenvalue weighted by Gasteiger charge is -2.14. The molecule has 0 spiro atoms. The number of carbonyl (C=O) groups is 1. The minimum atomic E-state index is -1.07. The van der Waals surface area contributed by atoms with Crippen molar-refractivity contribution >= 4 is 34.8 Å². The Morgan fingerprint density at radius 3 is 2.92 bits per heavy atom. The van der Waals surface area contributed by atoms with Crippen LogP contribution < -0.4 is 10.1 Å². The molecule has 1 unspecified atom stereocenters. The molecule has 2 aromatic rings. The number of rotatable bonds is 7. The topological polar surface area (TPSA) is 130 Å². The minimum absolute atomic E-state index is 0.162. The fraction of sp³-hybridized carbons (Fsp3) is 0.286. The van der Waals surface area contributed by atoms with Crippen LogP contribution in [0.15, 0.2) is 18.2 Å². The molecule has 11 heteroatoms. The first-order chi connectivity index (χ1) is 11.8. The molecule has 0 fully saturated rings. The van der Waals surface area contributed by atoms with E-state index in [0.29, 0.717) is 5.02 Å². The van der Waals surface area contributed by atoms with Gasteiger partial charge >= 0.3 is 5.69 Å². The first-order valence-electron chi connectivity index (χ1n) is 7.03. The van der Waals surface area contributed by atoms with E-state index >= 15 is 0 Å². The number of aromatic amines is 1. The van der Waals surface area contributed by atoms with E-state index in [9.17, 15) is 20.0 Å². The largest absolute Gasteiger partial charge is 0.489 e. The summed E-state index contributed by atoms with van der Waals surface area (Å²) in [6, 6.07) is 4.80. The predicted molar refractivity (Wildman–Crippen MR) is 90.3 cm³/mol. The second kappa shape index (κ2) is 8.15. The Kier molecular flexibility index (Phi) is 6.18. The Labute approximate surface area is 152 Å². The molecule has 1 aromatic carbocycles. The summed E-state index contributed by atoms with van der Waals surface area (Å²) in [6.45, 7) is 1.07. The normalized spacial score (nSPS) is 11.8. The molecule has 9 nitrogen and oxygen atoms in total. The number of ether oxygens (including phenoxy) is 1. The maximum absolute atomic E-state index is 12.0. The van der Waals surface area contributed by atoms with Crippen LogP contribution in [0.25, 0.3) is 0 Å². The predicted octanol–water partition coefficient (Wildman–Crippen LogP) is 2.10. The first kappa shape index (κ1) is 19.0. The molecule has 0 saturated heterocycles. The van der Waals surface area contributed by atoms with Crippen molar-refractivity contribution in [1.82, 2.24) is 15.5 Å². The van der Waals surface area contributed by atoms with Crippen molar-refractivity contribution in [3.8, 4) is 5.75 Å². The number of benzene rings is 1. The highest BCUT2D eigenvalue weighted by Crippen LogP contribution is 2.31. The zero-order valence-corrected chi connectivity index (χ0v) is 14.5. The Bertz CT molecular complexity index is 796. The number of aliphatic hydroxyl groups excluding tert-OH is 1. The highest BCUT2D eigenvalue weighted by atomic mass is 35.5. The van der Waals surface area contributed by atoms with Crippen LogP contribution in [0.2, 0.25) is 10.0 Å². The third-order valence-corrected chi connectivity index (χ3v) is 3.96. The minimum Gasteiger partial charge on any atom is -0.489 e. The summed E-state index contributed by atoms with van der Waals surface area (Å²) < 4.78 is 5.34. The number of carbonyl (C=O) groups excluding carboxylic acids is 1. The van der Waals surface area contributed by atoms with Crippen LogP contribution >= 0.6 is 23.2 Å². The van der Waals surface area contributed by atoms with Crippen molar-refractivity contribution in [3.63, 3.8) is 0 Å². The standard InChI is InChI=1S/C14H14Cl2N4O5/c1-7-13(20(23)24)12(19-18-7)14(22)17-5-8(21)6-25-10-4-2-3-9(15)11(10)16/h2-4,8,21H,5-6H2,1H3,(H,17,22)(H,18,19). The van der Waals surface area contributed by atoms with Gasteiger partial charge in [-0.05, 0) is 19.1 Å². The summed E-state index contributed by atoms with van der Waals surface area (Å²) in [5.41, 5.74) is -0.600. The fourth-order valence-electron chi connectivity index (χ4n) is 1.94. The fourth-order valence-corrected chi connectivity index (χ4v) is 2.29. The number of aromatic nitrogens is 2. The number of nitro groups is 1. The van der Waals surface area contributed by atoms with Gasteiger partial charge in [-0.15, -0.1) is 0 Å². The van der Waals surface area contributed by atoms with Crippen LogP contribution in [0.3, 0.4) is 0 Å². The SMILES string of the molecule is Cc1[nH]nc(C(=O)NCC(O)COc2cccc(Cl)c2Cl)c1[N+](=O)[O-]. The van der Waals surface area contributed by atoms with Gasteiger partial charge in [0.2, 0.25) is 5.69 Å². The number of amides is 1. The molecule has 2 rings (SSSR count). The lowest BCUT2D eigenvalue weighted by atomic mass is 10.3. The van der Waals surface area contributed by atoms with Crippen molar-refractivity contribution in [1.29, 1.82) is 0 Å². The van der Waals surface area contributed by atoms with Crippen LogP contribution in [0.1, 0.15) is 16.2 Å². The van der Waals surface area contributed by atoms with Crippen molar-refractivity contribution in [2.24, 2.45) is 0 Å². The molecule has 0 aliphatic rings. The average Bonchev–Trinajstić information content (AvgIpc) is 2.96. The maximum Gasteiger partial charge on any atom is 0.322 e. The van der Waals surface area contributed by atoms with Gasteiger partial charge in [0, 0.05) is 6.54 Å². The van der Waals surface area contributed by atoms with Crippen molar-refractivity contribution in [2.45, 2.75) is 13.0 Å². The van der Waals surface area contributed by atoms with Crippen LogP contribution in [0.5, 0.6) is 5.75 Å². The van der Waals surface area contributed by atoms with Crippen LogP contribution in [0.4, 0.5) is 5.69 Å². The molecule has 1 atom stereocenters. The van der Waals surface area contributed by atoms with Crippen molar-refractivity contribution in [2.75, 3.05) is 13.2 Å². The zero-order valence-electron chi connectivity index (χ0n) is 13.0. The number of aliphatic hydroxyl groups is 1. The third-order valence-electron chi connectivity index (χ3n) is 3.16. The molecular weight excluding hydrogens is 375 g/mol. The van der Waals surface area contributed by atoms with Gasteiger partial charge in [-0.3, -0.25) is 20.0 Å². The first-order valence-corrected chi connectivity index (χ1v) is 7.79. The lowest BCUT2D eigenvalue weighted by molar-refractivity contribution is -0.385. The number of hydrogen-bond donors (Lipinski definition) is 3. The number of H-pyrrole nitrogens is 1. The second-order valence-electron chi connectivity index (χ2n) is 5.03. The van der Waals surface area contributed by atoms with E-state index in [1.807, 2.05) is 0 Å². The molecule has 0 radical (unpaired) electrons. The number of hydrogen-bond acceptors (Lipinski definition) is 6. The molecule has 0 saturated carbocycles. The van der Waals surface area contributed by atoms with Gasteiger partial charge in [0.15, 0.2) is 0 Å². The average molecular weight is 389 g/mol. The molecular formula is C14H14Cl2N4O5. The maximum atomic E-state index is 12.0. The molecule has 25 heavy (non-hydrogen) atoms. The number of halogens is 2. The highest BCUT2D eigenvalue weighted by molar-refractivity contribution is 6.42. The number of nitrogens with one attached hydrogen (secondary N) is 2. The number of aryl methyl sites for hydroxylation is 1. The van der Waals surface area contributed by atoms with Crippen molar-refractivity contribution < 1.29 is 19.6 Å². The monoisotopic (exact) mass is 388 g/mol. The van der Waals surface area contributed by atoms with E-state index in [1.54, 1.807) is 18.2 Å². The Morgan fingerprint density at radius 2 is 2.24 bits per heavy atom. The second-order valence-corrected chi connectivity index (χ2v) is 5.81. The van der Waals surface area contributed by atoms with E-state index in [-0.39, 0.29) is 35.3 Å². The summed E-state index contributed by atoms with van der Waals surface area (Å²) in [5, 5.41) is 29.7. The summed E-state index contributed by atoms with van der Waals surface area (Å²) in [7, 11) is 0. The molecule has 1 amide bonds. The van der Waals surface area contributed by atoms with Crippen LogP contribution in [-0.4, -0.2) is 45.4 Å². The van der Waals surface area contributed by atoms with E-state index in [0.717, 1.165) is 0 Å². The van der Waals surface area contributed by atoms with Gasteiger partial charge in [0.25, 0.3) is 5.91 Å². The smallest absolute Gasteiger partial charge is 0.322 e. The zero-order chi connectivity index (χ0) is 18.6. The van der Waals surface area contributed by atoms with E-state index in [2.05, 4.69) is 15.5 Å². The summed E-state index contributed by atoms with van der Waals surface area (Å²) >= 11 is 11.8. The quantitative estimate of drug-likeness (QED) is 0.491. The Balaban J connectivity index is 1.90. The van der Waals surface area contributed by atoms with E-state index in [1.165, 1.54) is 6.92 Å². The molecule has 1 heterocycles. The van der Waals surface area contributed by atoms with Crippen molar-refractivity contribution in [3.05, 3.63) is 49.7 Å². The third kappa shape index (κ3) is 4.59. The molecule has 3 N–H and O–H groups in total. The molecule has 134 valence electrons. The Hall–Kier alpha value is -2.36. The lowest BCUT2D eigenvalue weighted by Crippen LogP contribution is -2.35. The van der Waals surface area contributed by atoms with Gasteiger partial charge < -0.3 is 15.2 Å². The van der Waals surface area contributed by atoms with Gasteiger partial charge in [-0.25, -0.2) is 0 Å². The van der Waals surface area contributed by atoms with Gasteiger partial charge in [-0.1, -0.05) is 29.3 Å². The van der Waals surface area contributed by atoms with Gasteiger partial charge in [0.1, 0.15) is 29.2 Å².